The minimum atomic E-state index is -4.20. The summed E-state index contributed by atoms with van der Waals surface area (Å²) in [7, 11) is -4.20. The monoisotopic (exact) mass is 511 g/mol. The van der Waals surface area contributed by atoms with Crippen LogP contribution in [0.3, 0.4) is 0 Å². The van der Waals surface area contributed by atoms with E-state index in [0.717, 1.165) is 25.7 Å². The highest BCUT2D eigenvalue weighted by molar-refractivity contribution is 7.98. The molecule has 0 saturated carbocycles. The Morgan fingerprint density at radius 2 is 1.71 bits per heavy atom. The second-order valence-corrected chi connectivity index (χ2v) is 10.8. The van der Waals surface area contributed by atoms with E-state index >= 15 is 0 Å². The molecule has 0 spiro atoms. The Kier molecular flexibility index (Phi) is 7.46. The van der Waals surface area contributed by atoms with Crippen molar-refractivity contribution in [1.29, 1.82) is 0 Å². The van der Waals surface area contributed by atoms with Crippen LogP contribution in [0.25, 0.3) is 10.9 Å². The second-order valence-electron chi connectivity index (χ2n) is 7.99. The third-order valence-electron chi connectivity index (χ3n) is 5.75. The van der Waals surface area contributed by atoms with E-state index in [1.165, 1.54) is 24.3 Å². The molecule has 8 nitrogen and oxygen atoms in total. The maximum absolute atomic E-state index is 13.8. The smallest absolute Gasteiger partial charge is 0.262 e. The Morgan fingerprint density at radius 1 is 1.03 bits per heavy atom. The molecule has 0 saturated heterocycles. The number of thioether (sulfide) groups is 1. The van der Waals surface area contributed by atoms with Gasteiger partial charge in [-0.3, -0.25) is 10.0 Å². The van der Waals surface area contributed by atoms with Gasteiger partial charge in [0.25, 0.3) is 5.91 Å². The van der Waals surface area contributed by atoms with Crippen molar-refractivity contribution in [3.8, 4) is 5.75 Å². The molecule has 0 aliphatic heterocycles. The third kappa shape index (κ3) is 5.51. The first kappa shape index (κ1) is 24.8. The number of aromatic nitrogens is 1. The molecule has 0 bridgehead atoms. The molecule has 0 unspecified atom stereocenters. The lowest BCUT2D eigenvalue weighted by Gasteiger charge is -2.30. The van der Waals surface area contributed by atoms with Crippen molar-refractivity contribution < 1.29 is 23.5 Å². The van der Waals surface area contributed by atoms with E-state index in [0.29, 0.717) is 5.56 Å². The number of aromatic hydroxyl groups is 1. The number of hydrogen-bond donors (Lipinski definition) is 4. The average Bonchev–Trinajstić information content (AvgIpc) is 3.34. The van der Waals surface area contributed by atoms with E-state index in [9.17, 15) is 23.5 Å². The minimum absolute atomic E-state index is 0.0464. The van der Waals surface area contributed by atoms with Crippen LogP contribution in [0.5, 0.6) is 5.75 Å². The molecule has 10 heteroatoms. The summed E-state index contributed by atoms with van der Waals surface area (Å²) >= 11 is 1.57. The van der Waals surface area contributed by atoms with Crippen molar-refractivity contribution >= 4 is 38.6 Å². The van der Waals surface area contributed by atoms with Gasteiger partial charge in [0.15, 0.2) is 0 Å². The van der Waals surface area contributed by atoms with E-state index in [4.69, 9.17) is 0 Å². The van der Waals surface area contributed by atoms with Gasteiger partial charge in [0.1, 0.15) is 11.8 Å². The van der Waals surface area contributed by atoms with Gasteiger partial charge < -0.3 is 10.1 Å². The lowest BCUT2D eigenvalue weighted by atomic mass is 10.0. The fourth-order valence-electron chi connectivity index (χ4n) is 3.88. The Morgan fingerprint density at radius 3 is 2.37 bits per heavy atom. The predicted molar refractivity (Wildman–Crippen MR) is 135 cm³/mol. The fraction of sp³-hybridized carbons (Fsp3) is 0.160. The van der Waals surface area contributed by atoms with E-state index < -0.39 is 22.0 Å². The Bertz CT molecular complexity index is 1420. The van der Waals surface area contributed by atoms with E-state index in [-0.39, 0.29) is 23.6 Å². The van der Waals surface area contributed by atoms with Crippen molar-refractivity contribution in [2.45, 2.75) is 28.8 Å². The molecular formula is C25H25N3O5S2. The van der Waals surface area contributed by atoms with Crippen LogP contribution in [-0.4, -0.2) is 46.2 Å². The number of hydroxylamine groups is 1. The number of phenols is 1. The number of carbonyl (C=O) groups is 1. The van der Waals surface area contributed by atoms with Crippen LogP contribution in [0, 0.1) is 0 Å². The van der Waals surface area contributed by atoms with Crippen LogP contribution in [0.1, 0.15) is 11.1 Å². The molecule has 35 heavy (non-hydrogen) atoms. The van der Waals surface area contributed by atoms with Crippen molar-refractivity contribution in [2.75, 3.05) is 6.26 Å². The van der Waals surface area contributed by atoms with Crippen LogP contribution in [0.15, 0.2) is 88.8 Å². The zero-order valence-electron chi connectivity index (χ0n) is 18.9. The normalized spacial score (nSPS) is 12.7. The molecule has 0 aliphatic rings. The number of phenolic OH excluding ortho intramolecular Hbond substituents is 1. The number of nitrogens with zero attached hydrogens (tertiary/aromatic N) is 1. The van der Waals surface area contributed by atoms with E-state index in [1.54, 1.807) is 29.5 Å². The zero-order valence-corrected chi connectivity index (χ0v) is 20.5. The number of carbonyl (C=O) groups excluding carboxylic acids is 1. The second kappa shape index (κ2) is 10.5. The van der Waals surface area contributed by atoms with E-state index in [2.05, 4.69) is 4.98 Å². The first-order valence-electron chi connectivity index (χ1n) is 10.8. The first-order chi connectivity index (χ1) is 16.8. The van der Waals surface area contributed by atoms with Gasteiger partial charge in [-0.2, -0.15) is 4.31 Å². The molecule has 4 rings (SSSR count). The van der Waals surface area contributed by atoms with Gasteiger partial charge in [-0.05, 0) is 83.8 Å². The molecule has 1 aromatic heterocycles. The van der Waals surface area contributed by atoms with Gasteiger partial charge >= 0.3 is 0 Å². The summed E-state index contributed by atoms with van der Waals surface area (Å²) in [4.78, 5) is 16.9. The summed E-state index contributed by atoms with van der Waals surface area (Å²) in [5, 5.41) is 20.0. The minimum Gasteiger partial charge on any atom is -0.508 e. The Hall–Kier alpha value is -3.31. The molecule has 1 heterocycles. The van der Waals surface area contributed by atoms with Crippen LogP contribution in [0.2, 0.25) is 0 Å². The molecule has 3 aromatic carbocycles. The third-order valence-corrected chi connectivity index (χ3v) is 8.36. The van der Waals surface area contributed by atoms with Gasteiger partial charge in [-0.1, -0.05) is 18.2 Å². The molecule has 4 aromatic rings. The first-order valence-corrected chi connectivity index (χ1v) is 13.4. The number of aromatic amines is 1. The number of H-pyrrole nitrogens is 1. The summed E-state index contributed by atoms with van der Waals surface area (Å²) in [5.41, 5.74) is 3.95. The number of amides is 1. The van der Waals surface area contributed by atoms with Crippen LogP contribution in [0.4, 0.5) is 0 Å². The van der Waals surface area contributed by atoms with Crippen molar-refractivity contribution in [1.82, 2.24) is 14.8 Å². The van der Waals surface area contributed by atoms with Crippen molar-refractivity contribution in [3.05, 3.63) is 90.1 Å². The van der Waals surface area contributed by atoms with Crippen molar-refractivity contribution in [2.24, 2.45) is 0 Å². The maximum Gasteiger partial charge on any atom is 0.262 e. The number of nitrogens with one attached hydrogen (secondary N) is 2. The average molecular weight is 512 g/mol. The lowest BCUT2D eigenvalue weighted by molar-refractivity contribution is -0.133. The van der Waals surface area contributed by atoms with E-state index in [1.807, 2.05) is 48.7 Å². The molecular weight excluding hydrogens is 486 g/mol. The highest BCUT2D eigenvalue weighted by Gasteiger charge is 2.36. The molecule has 182 valence electrons. The van der Waals surface area contributed by atoms with Gasteiger partial charge in [0.2, 0.25) is 10.0 Å². The highest BCUT2D eigenvalue weighted by atomic mass is 32.2. The summed E-state index contributed by atoms with van der Waals surface area (Å²) in [6, 6.07) is 18.7. The molecule has 1 atom stereocenters. The topological polar surface area (TPSA) is 123 Å². The largest absolute Gasteiger partial charge is 0.508 e. The molecule has 1 amide bonds. The lowest BCUT2D eigenvalue weighted by Crippen LogP contribution is -2.49. The van der Waals surface area contributed by atoms with Crippen LogP contribution < -0.4 is 5.48 Å². The van der Waals surface area contributed by atoms with Crippen LogP contribution >= 0.6 is 11.8 Å². The van der Waals surface area contributed by atoms with Gasteiger partial charge in [-0.15, -0.1) is 11.8 Å². The van der Waals surface area contributed by atoms with Gasteiger partial charge in [0.05, 0.1) is 4.90 Å². The van der Waals surface area contributed by atoms with Gasteiger partial charge in [0, 0.05) is 23.2 Å². The molecule has 0 fully saturated rings. The number of hydrogen-bond acceptors (Lipinski definition) is 6. The summed E-state index contributed by atoms with van der Waals surface area (Å²) in [6.45, 7) is -0.106. The standard InChI is InChI=1S/C25H25N3O5S2/c1-34-21-7-2-17(3-8-21)15-24(25(30)27-31)28(35(32,33)22-9-5-20(29)6-10-22)16-18-4-11-23-19(14-18)12-13-26-23/h2-14,24,26,29,31H,15-16H2,1H3,(H,27,30)/t24-/m1/s1. The van der Waals surface area contributed by atoms with Crippen molar-refractivity contribution in [3.63, 3.8) is 0 Å². The number of rotatable bonds is 9. The molecule has 0 aliphatic carbocycles. The van der Waals surface area contributed by atoms with Gasteiger partial charge in [-0.25, -0.2) is 13.9 Å². The summed E-state index contributed by atoms with van der Waals surface area (Å²) in [6.07, 6.45) is 3.79. The summed E-state index contributed by atoms with van der Waals surface area (Å²) < 4.78 is 28.7. The summed E-state index contributed by atoms with van der Waals surface area (Å²) in [5.74, 6) is -0.920. The molecule has 4 N–H and O–H groups in total. The number of sulfonamides is 1. The molecule has 0 radical (unpaired) electrons. The maximum atomic E-state index is 13.8. The Labute approximate surface area is 207 Å². The zero-order chi connectivity index (χ0) is 25.0. The highest BCUT2D eigenvalue weighted by Crippen LogP contribution is 2.26. The number of fused-ring (bicyclic) bond motifs is 1. The fourth-order valence-corrected chi connectivity index (χ4v) is 5.87. The number of benzene rings is 3. The predicted octanol–water partition coefficient (Wildman–Crippen LogP) is 3.90. The quantitative estimate of drug-likeness (QED) is 0.154. The Balaban J connectivity index is 1.78. The van der Waals surface area contributed by atoms with Crippen LogP contribution in [-0.2, 0) is 27.8 Å². The SMILES string of the molecule is CSc1ccc(C[C@H](C(=O)NO)N(Cc2ccc3[nH]ccc3c2)S(=O)(=O)c2ccc(O)cc2)cc1.